The van der Waals surface area contributed by atoms with Gasteiger partial charge in [0.1, 0.15) is 0 Å². The topological polar surface area (TPSA) is 26.0 Å². The van der Waals surface area contributed by atoms with Crippen molar-refractivity contribution in [1.29, 1.82) is 0 Å². The highest BCUT2D eigenvalue weighted by atomic mass is 32.1. The lowest BCUT2D eigenvalue weighted by atomic mass is 10.1. The van der Waals surface area contributed by atoms with Gasteiger partial charge in [0.05, 0.1) is 11.1 Å². The van der Waals surface area contributed by atoms with E-state index in [2.05, 4.69) is 24.0 Å². The predicted molar refractivity (Wildman–Crippen MR) is 70.0 cm³/mol. The van der Waals surface area contributed by atoms with Gasteiger partial charge in [0, 0.05) is 5.56 Å². The van der Waals surface area contributed by atoms with Crippen LogP contribution in [0, 0.1) is 6.92 Å². The minimum absolute atomic E-state index is 0.690. The number of thiophene rings is 1. The standard InChI is InChI=1S/C14H11NOS/c1-10-4-6-11(7-5-10)12-9-15-14(16-12)13-3-2-8-17-13/h2-9H,1H3. The van der Waals surface area contributed by atoms with Crippen LogP contribution in [0.2, 0.25) is 0 Å². The second kappa shape index (κ2) is 4.18. The van der Waals surface area contributed by atoms with Gasteiger partial charge in [0.25, 0.3) is 0 Å². The number of oxazole rings is 1. The van der Waals surface area contributed by atoms with Crippen LogP contribution in [-0.2, 0) is 0 Å². The molecule has 3 heteroatoms. The molecular formula is C14H11NOS. The number of rotatable bonds is 2. The van der Waals surface area contributed by atoms with Crippen molar-refractivity contribution in [1.82, 2.24) is 4.98 Å². The number of benzene rings is 1. The molecule has 0 aliphatic rings. The van der Waals surface area contributed by atoms with Crippen molar-refractivity contribution in [2.24, 2.45) is 0 Å². The van der Waals surface area contributed by atoms with E-state index in [-0.39, 0.29) is 0 Å². The SMILES string of the molecule is Cc1ccc(-c2cnc(-c3cccs3)o2)cc1. The van der Waals surface area contributed by atoms with E-state index in [9.17, 15) is 0 Å². The first kappa shape index (κ1) is 10.3. The van der Waals surface area contributed by atoms with Crippen LogP contribution in [0.25, 0.3) is 22.1 Å². The average Bonchev–Trinajstić information content (AvgIpc) is 3.00. The van der Waals surface area contributed by atoms with Crippen LogP contribution >= 0.6 is 11.3 Å². The second-order valence-corrected chi connectivity index (χ2v) is 4.82. The fourth-order valence-electron chi connectivity index (χ4n) is 1.64. The Morgan fingerprint density at radius 3 is 2.65 bits per heavy atom. The quantitative estimate of drug-likeness (QED) is 0.665. The van der Waals surface area contributed by atoms with Gasteiger partial charge in [-0.15, -0.1) is 11.3 Å². The highest BCUT2D eigenvalue weighted by molar-refractivity contribution is 7.13. The summed E-state index contributed by atoms with van der Waals surface area (Å²) >= 11 is 1.63. The Balaban J connectivity index is 1.98. The van der Waals surface area contributed by atoms with Gasteiger partial charge in [-0.1, -0.05) is 35.9 Å². The molecule has 3 rings (SSSR count). The van der Waals surface area contributed by atoms with Gasteiger partial charge in [0.15, 0.2) is 5.76 Å². The first-order valence-electron chi connectivity index (χ1n) is 5.40. The lowest BCUT2D eigenvalue weighted by molar-refractivity contribution is 0.590. The molecule has 0 radical (unpaired) electrons. The fraction of sp³-hybridized carbons (Fsp3) is 0.0714. The molecule has 2 heterocycles. The summed E-state index contributed by atoms with van der Waals surface area (Å²) in [4.78, 5) is 5.36. The van der Waals surface area contributed by atoms with Crippen molar-refractivity contribution in [2.75, 3.05) is 0 Å². The van der Waals surface area contributed by atoms with E-state index >= 15 is 0 Å². The van der Waals surface area contributed by atoms with Crippen LogP contribution in [0.15, 0.2) is 52.4 Å². The summed E-state index contributed by atoms with van der Waals surface area (Å²) in [5.74, 6) is 1.50. The van der Waals surface area contributed by atoms with Crippen LogP contribution in [-0.4, -0.2) is 4.98 Å². The molecular weight excluding hydrogens is 230 g/mol. The number of aryl methyl sites for hydroxylation is 1. The maximum Gasteiger partial charge on any atom is 0.236 e. The Bertz CT molecular complexity index is 608. The largest absolute Gasteiger partial charge is 0.435 e. The first-order chi connectivity index (χ1) is 8.33. The Morgan fingerprint density at radius 2 is 1.94 bits per heavy atom. The van der Waals surface area contributed by atoms with Crippen molar-refractivity contribution in [3.05, 3.63) is 53.5 Å². The molecule has 0 amide bonds. The van der Waals surface area contributed by atoms with Gasteiger partial charge in [-0.2, -0.15) is 0 Å². The van der Waals surface area contributed by atoms with E-state index in [1.165, 1.54) is 5.56 Å². The third-order valence-electron chi connectivity index (χ3n) is 2.57. The lowest BCUT2D eigenvalue weighted by Gasteiger charge is -1.96. The molecule has 0 atom stereocenters. The van der Waals surface area contributed by atoms with E-state index in [0.717, 1.165) is 16.2 Å². The van der Waals surface area contributed by atoms with E-state index < -0.39 is 0 Å². The molecule has 1 aromatic carbocycles. The third kappa shape index (κ3) is 2.01. The average molecular weight is 241 g/mol. The van der Waals surface area contributed by atoms with Crippen LogP contribution in [0.1, 0.15) is 5.56 Å². The van der Waals surface area contributed by atoms with Crippen molar-refractivity contribution >= 4 is 11.3 Å². The highest BCUT2D eigenvalue weighted by Gasteiger charge is 2.08. The van der Waals surface area contributed by atoms with E-state index in [4.69, 9.17) is 4.42 Å². The van der Waals surface area contributed by atoms with Gasteiger partial charge >= 0.3 is 0 Å². The van der Waals surface area contributed by atoms with Gasteiger partial charge < -0.3 is 4.42 Å². The minimum Gasteiger partial charge on any atom is -0.435 e. The number of hydrogen-bond donors (Lipinski definition) is 0. The van der Waals surface area contributed by atoms with E-state index in [0.29, 0.717) is 5.89 Å². The number of nitrogens with zero attached hydrogens (tertiary/aromatic N) is 1. The summed E-state index contributed by atoms with van der Waals surface area (Å²) in [6.45, 7) is 2.07. The molecule has 0 aliphatic heterocycles. The van der Waals surface area contributed by atoms with Gasteiger partial charge in [-0.05, 0) is 18.4 Å². The van der Waals surface area contributed by atoms with Crippen LogP contribution in [0.5, 0.6) is 0 Å². The van der Waals surface area contributed by atoms with Crippen molar-refractivity contribution in [3.8, 4) is 22.1 Å². The van der Waals surface area contributed by atoms with Gasteiger partial charge in [-0.3, -0.25) is 0 Å². The summed E-state index contributed by atoms with van der Waals surface area (Å²) in [5, 5.41) is 2.02. The number of aromatic nitrogens is 1. The molecule has 0 bridgehead atoms. The summed E-state index contributed by atoms with van der Waals surface area (Å²) < 4.78 is 5.75. The molecule has 2 aromatic heterocycles. The fourth-order valence-corrected chi connectivity index (χ4v) is 2.30. The van der Waals surface area contributed by atoms with Crippen LogP contribution in [0.4, 0.5) is 0 Å². The highest BCUT2D eigenvalue weighted by Crippen LogP contribution is 2.28. The predicted octanol–water partition coefficient (Wildman–Crippen LogP) is 4.38. The van der Waals surface area contributed by atoms with Crippen LogP contribution < -0.4 is 0 Å². The summed E-state index contributed by atoms with van der Waals surface area (Å²) in [5.41, 5.74) is 2.30. The zero-order chi connectivity index (χ0) is 11.7. The van der Waals surface area contributed by atoms with Gasteiger partial charge in [0.2, 0.25) is 5.89 Å². The molecule has 0 unspecified atom stereocenters. The molecule has 3 aromatic rings. The molecule has 0 fully saturated rings. The van der Waals surface area contributed by atoms with Crippen LogP contribution in [0.3, 0.4) is 0 Å². The smallest absolute Gasteiger partial charge is 0.236 e. The maximum absolute atomic E-state index is 5.75. The van der Waals surface area contributed by atoms with E-state index in [1.54, 1.807) is 17.5 Å². The molecule has 0 saturated heterocycles. The summed E-state index contributed by atoms with van der Waals surface area (Å²) in [6, 6.07) is 12.2. The van der Waals surface area contributed by atoms with E-state index in [1.807, 2.05) is 29.6 Å². The summed E-state index contributed by atoms with van der Waals surface area (Å²) in [6.07, 6.45) is 1.78. The minimum atomic E-state index is 0.690. The molecule has 84 valence electrons. The number of hydrogen-bond acceptors (Lipinski definition) is 3. The zero-order valence-corrected chi connectivity index (χ0v) is 10.2. The van der Waals surface area contributed by atoms with Crippen molar-refractivity contribution < 1.29 is 4.42 Å². The van der Waals surface area contributed by atoms with Crippen molar-refractivity contribution in [3.63, 3.8) is 0 Å². The van der Waals surface area contributed by atoms with Crippen molar-refractivity contribution in [2.45, 2.75) is 6.92 Å². The first-order valence-corrected chi connectivity index (χ1v) is 6.27. The monoisotopic (exact) mass is 241 g/mol. The molecule has 0 saturated carbocycles. The van der Waals surface area contributed by atoms with Gasteiger partial charge in [-0.25, -0.2) is 4.98 Å². The molecule has 0 aliphatic carbocycles. The summed E-state index contributed by atoms with van der Waals surface area (Å²) in [7, 11) is 0. The maximum atomic E-state index is 5.75. The Kier molecular flexibility index (Phi) is 2.53. The molecule has 2 nitrogen and oxygen atoms in total. The normalized spacial score (nSPS) is 10.6. The third-order valence-corrected chi connectivity index (χ3v) is 3.43. The molecule has 17 heavy (non-hydrogen) atoms. The molecule has 0 N–H and O–H groups in total. The Labute approximate surface area is 104 Å². The lowest BCUT2D eigenvalue weighted by Crippen LogP contribution is -1.74. The second-order valence-electron chi connectivity index (χ2n) is 3.87. The zero-order valence-electron chi connectivity index (χ0n) is 9.38. The Hall–Kier alpha value is -1.87. The Morgan fingerprint density at radius 1 is 1.12 bits per heavy atom. The molecule has 0 spiro atoms.